The number of hydrogen-bond acceptors (Lipinski definition) is 6. The Morgan fingerprint density at radius 2 is 1.94 bits per heavy atom. The number of ether oxygens (including phenoxy) is 1. The maximum atomic E-state index is 14.9. The largest absolute Gasteiger partial charge is 0.507 e. The second kappa shape index (κ2) is 10.1. The highest BCUT2D eigenvalue weighted by atomic mass is 35.5. The summed E-state index contributed by atoms with van der Waals surface area (Å²) in [5.74, 6) is -1.17. The van der Waals surface area contributed by atoms with Crippen molar-refractivity contribution in [3.05, 3.63) is 53.0 Å². The van der Waals surface area contributed by atoms with E-state index in [0.29, 0.717) is 44.8 Å². The Hall–Kier alpha value is -3.17. The van der Waals surface area contributed by atoms with Crippen LogP contribution in [0.4, 0.5) is 4.39 Å². The van der Waals surface area contributed by atoms with Crippen molar-refractivity contribution >= 4 is 23.4 Å². The van der Waals surface area contributed by atoms with Crippen molar-refractivity contribution in [2.45, 2.75) is 31.8 Å². The molecule has 2 saturated heterocycles. The molecule has 0 bridgehead atoms. The molecule has 5 rings (SSSR count). The number of likely N-dealkylation sites (tertiary alicyclic amines) is 1. The average Bonchev–Trinajstić information content (AvgIpc) is 3.09. The van der Waals surface area contributed by atoms with Crippen LogP contribution in [0.15, 0.2) is 30.9 Å². The molecule has 2 aromatic rings. The predicted molar refractivity (Wildman–Crippen MR) is 133 cm³/mol. The number of carbonyl (C=O) groups is 2. The van der Waals surface area contributed by atoms with Gasteiger partial charge in [-0.2, -0.15) is 0 Å². The summed E-state index contributed by atoms with van der Waals surface area (Å²) in [6.07, 6.45) is 4.16. The lowest BCUT2D eigenvalue weighted by Crippen LogP contribution is -2.55. The number of aromatic nitrogens is 1. The molecule has 3 aliphatic heterocycles. The minimum atomic E-state index is -0.703. The predicted octanol–water partition coefficient (Wildman–Crippen LogP) is 3.46. The number of hydrogen-bond donors (Lipinski definition) is 1. The first-order chi connectivity index (χ1) is 17.4. The summed E-state index contributed by atoms with van der Waals surface area (Å²) in [7, 11) is 0. The van der Waals surface area contributed by atoms with Crippen LogP contribution in [0.1, 0.15) is 35.3 Å². The van der Waals surface area contributed by atoms with Crippen molar-refractivity contribution in [1.82, 2.24) is 19.7 Å². The molecule has 1 aromatic heterocycles. The van der Waals surface area contributed by atoms with Gasteiger partial charge in [-0.15, -0.1) is 0 Å². The number of fused-ring (bicyclic) bond motifs is 2. The van der Waals surface area contributed by atoms with Crippen LogP contribution in [-0.4, -0.2) is 82.0 Å². The molecule has 4 heterocycles. The van der Waals surface area contributed by atoms with Gasteiger partial charge in [-0.1, -0.05) is 24.2 Å². The molecule has 3 aliphatic rings. The standard InChI is InChI=1S/C26H28ClFN4O4/c1-2-20(34)32-12-11-31-14-17-23(26(35)30-9-4-3-5-10-30)29-24(21-18(28)7-6-8-19(21)33)22(27)25(17)36-15-16(31)13-32/h2,6-8,16,33H,1,3-5,9-15H2/t16-/m1/s1. The molecule has 1 atom stereocenters. The first-order valence-corrected chi connectivity index (χ1v) is 12.5. The molecule has 8 nitrogen and oxygen atoms in total. The molecule has 0 radical (unpaired) electrons. The van der Waals surface area contributed by atoms with Crippen molar-refractivity contribution in [3.8, 4) is 22.8 Å². The van der Waals surface area contributed by atoms with E-state index in [9.17, 15) is 19.1 Å². The third kappa shape index (κ3) is 4.41. The lowest BCUT2D eigenvalue weighted by molar-refractivity contribution is -0.129. The highest BCUT2D eigenvalue weighted by molar-refractivity contribution is 6.35. The van der Waals surface area contributed by atoms with Gasteiger partial charge in [-0.05, 0) is 37.5 Å². The van der Waals surface area contributed by atoms with Gasteiger partial charge in [0.1, 0.15) is 40.3 Å². The molecule has 0 unspecified atom stereocenters. The third-order valence-corrected chi connectivity index (χ3v) is 7.49. The van der Waals surface area contributed by atoms with Gasteiger partial charge in [0.05, 0.1) is 11.6 Å². The number of halogens is 2. The Balaban J connectivity index is 1.61. The number of phenols is 1. The van der Waals surface area contributed by atoms with Crippen LogP contribution in [0.2, 0.25) is 5.02 Å². The fourth-order valence-electron chi connectivity index (χ4n) is 5.18. The van der Waals surface area contributed by atoms with E-state index in [1.807, 2.05) is 0 Å². The molecule has 0 aliphatic carbocycles. The summed E-state index contributed by atoms with van der Waals surface area (Å²) >= 11 is 6.75. The van der Waals surface area contributed by atoms with Gasteiger partial charge in [0.2, 0.25) is 5.91 Å². The number of rotatable bonds is 3. The van der Waals surface area contributed by atoms with Crippen molar-refractivity contribution in [2.75, 3.05) is 39.3 Å². The summed E-state index contributed by atoms with van der Waals surface area (Å²) in [5, 5.41) is 10.5. The molecule has 10 heteroatoms. The second-order valence-corrected chi connectivity index (χ2v) is 9.72. The van der Waals surface area contributed by atoms with Crippen LogP contribution in [0.5, 0.6) is 11.5 Å². The van der Waals surface area contributed by atoms with Gasteiger partial charge in [0, 0.05) is 44.8 Å². The first kappa shape index (κ1) is 24.5. The monoisotopic (exact) mass is 514 g/mol. The number of benzene rings is 1. The van der Waals surface area contributed by atoms with Crippen molar-refractivity contribution in [3.63, 3.8) is 0 Å². The zero-order chi connectivity index (χ0) is 25.4. The Morgan fingerprint density at radius 1 is 1.17 bits per heavy atom. The van der Waals surface area contributed by atoms with Gasteiger partial charge in [0.25, 0.3) is 5.91 Å². The van der Waals surface area contributed by atoms with E-state index >= 15 is 0 Å². The molecule has 1 N–H and O–H groups in total. The Morgan fingerprint density at radius 3 is 2.67 bits per heavy atom. The lowest BCUT2D eigenvalue weighted by atomic mass is 10.0. The molecular formula is C26H28ClFN4O4. The lowest BCUT2D eigenvalue weighted by Gasteiger charge is -2.39. The van der Waals surface area contributed by atoms with E-state index in [4.69, 9.17) is 16.3 Å². The Bertz CT molecular complexity index is 1200. The summed E-state index contributed by atoms with van der Waals surface area (Å²) in [5.41, 5.74) is 0.487. The maximum Gasteiger partial charge on any atom is 0.272 e. The van der Waals surface area contributed by atoms with Crippen molar-refractivity contribution in [2.24, 2.45) is 0 Å². The van der Waals surface area contributed by atoms with Crippen molar-refractivity contribution in [1.29, 1.82) is 0 Å². The first-order valence-electron chi connectivity index (χ1n) is 12.2. The average molecular weight is 515 g/mol. The Labute approximate surface area is 213 Å². The fourth-order valence-corrected chi connectivity index (χ4v) is 5.49. The molecule has 2 fully saturated rings. The highest BCUT2D eigenvalue weighted by Crippen LogP contribution is 2.44. The molecule has 0 spiro atoms. The van der Waals surface area contributed by atoms with E-state index in [2.05, 4.69) is 16.5 Å². The van der Waals surface area contributed by atoms with Crippen LogP contribution in [-0.2, 0) is 11.3 Å². The summed E-state index contributed by atoms with van der Waals surface area (Å²) < 4.78 is 21.0. The smallest absolute Gasteiger partial charge is 0.272 e. The van der Waals surface area contributed by atoms with E-state index in [1.54, 1.807) is 9.80 Å². The maximum absolute atomic E-state index is 14.9. The number of pyridine rings is 1. The van der Waals surface area contributed by atoms with E-state index in [-0.39, 0.29) is 57.9 Å². The van der Waals surface area contributed by atoms with Crippen LogP contribution < -0.4 is 4.74 Å². The topological polar surface area (TPSA) is 86.2 Å². The Kier molecular flexibility index (Phi) is 6.85. The van der Waals surface area contributed by atoms with Gasteiger partial charge in [-0.25, -0.2) is 9.37 Å². The quantitative estimate of drug-likeness (QED) is 0.631. The van der Waals surface area contributed by atoms with Crippen LogP contribution >= 0.6 is 11.6 Å². The van der Waals surface area contributed by atoms with Crippen LogP contribution in [0, 0.1) is 5.82 Å². The van der Waals surface area contributed by atoms with Gasteiger partial charge in [0.15, 0.2) is 0 Å². The summed E-state index contributed by atoms with van der Waals surface area (Å²) in [6, 6.07) is 3.81. The fraction of sp³-hybridized carbons (Fsp3) is 0.423. The molecule has 36 heavy (non-hydrogen) atoms. The van der Waals surface area contributed by atoms with E-state index in [1.165, 1.54) is 24.3 Å². The number of piperazine rings is 1. The minimum Gasteiger partial charge on any atom is -0.507 e. The van der Waals surface area contributed by atoms with Crippen molar-refractivity contribution < 1.29 is 23.8 Å². The number of aromatic hydroxyl groups is 1. The van der Waals surface area contributed by atoms with Crippen LogP contribution in [0.25, 0.3) is 11.3 Å². The number of nitrogens with zero attached hydrogens (tertiary/aromatic N) is 4. The summed E-state index contributed by atoms with van der Waals surface area (Å²) in [6.45, 7) is 6.92. The third-order valence-electron chi connectivity index (χ3n) is 7.14. The number of piperidine rings is 1. The molecule has 2 amide bonds. The summed E-state index contributed by atoms with van der Waals surface area (Å²) in [4.78, 5) is 36.1. The molecule has 190 valence electrons. The van der Waals surface area contributed by atoms with E-state index < -0.39 is 5.82 Å². The van der Waals surface area contributed by atoms with Crippen LogP contribution in [0.3, 0.4) is 0 Å². The minimum absolute atomic E-state index is 0.0327. The van der Waals surface area contributed by atoms with E-state index in [0.717, 1.165) is 19.3 Å². The van der Waals surface area contributed by atoms with Gasteiger partial charge >= 0.3 is 0 Å². The molecule has 0 saturated carbocycles. The second-order valence-electron chi connectivity index (χ2n) is 9.34. The van der Waals surface area contributed by atoms with Gasteiger partial charge < -0.3 is 19.6 Å². The molecule has 1 aromatic carbocycles. The highest BCUT2D eigenvalue weighted by Gasteiger charge is 2.37. The SMILES string of the molecule is C=CC(=O)N1CCN2Cc3c(C(=O)N4CCCCC4)nc(-c4c(O)cccc4F)c(Cl)c3OC[C@H]2C1. The number of carbonyl (C=O) groups excluding carboxylic acids is 2. The number of amides is 2. The number of phenolic OH excluding ortho intramolecular Hbond substituents is 1. The zero-order valence-electron chi connectivity index (χ0n) is 19.9. The normalized spacial score (nSPS) is 20.1. The van der Waals surface area contributed by atoms with Gasteiger partial charge in [-0.3, -0.25) is 14.5 Å². The molecular weight excluding hydrogens is 487 g/mol. The zero-order valence-corrected chi connectivity index (χ0v) is 20.6.